The molecule has 0 saturated heterocycles. The molecule has 0 bridgehead atoms. The highest BCUT2D eigenvalue weighted by atomic mass is 32.1. The van der Waals surface area contributed by atoms with E-state index in [-0.39, 0.29) is 6.42 Å². The van der Waals surface area contributed by atoms with Crippen LogP contribution in [0, 0.1) is 6.92 Å². The highest BCUT2D eigenvalue weighted by molar-refractivity contribution is 7.13. The summed E-state index contributed by atoms with van der Waals surface area (Å²) < 4.78 is 5.51. The Morgan fingerprint density at radius 3 is 2.78 bits per heavy atom. The van der Waals surface area contributed by atoms with Gasteiger partial charge in [0.1, 0.15) is 5.76 Å². The summed E-state index contributed by atoms with van der Waals surface area (Å²) in [5, 5.41) is 11.6. The molecule has 0 radical (unpaired) electrons. The van der Waals surface area contributed by atoms with E-state index in [0.29, 0.717) is 0 Å². The van der Waals surface area contributed by atoms with Gasteiger partial charge in [-0.3, -0.25) is 4.79 Å². The summed E-state index contributed by atoms with van der Waals surface area (Å²) in [4.78, 5) is 15.3. The molecule has 0 aliphatic carbocycles. The third-order valence-corrected chi connectivity index (χ3v) is 3.60. The first-order chi connectivity index (χ1) is 8.38. The lowest BCUT2D eigenvalue weighted by Crippen LogP contribution is -2.22. The Hall–Kier alpha value is -1.62. The van der Waals surface area contributed by atoms with Gasteiger partial charge < -0.3 is 9.52 Å². The SMILES string of the molecule is Cc1ccc(-c2nc(C(C)(C)CC(=O)O)cs2)o1. The average Bonchev–Trinajstić information content (AvgIpc) is 2.83. The van der Waals surface area contributed by atoms with Crippen molar-refractivity contribution >= 4 is 17.3 Å². The summed E-state index contributed by atoms with van der Waals surface area (Å²) in [6.45, 7) is 5.65. The Morgan fingerprint density at radius 1 is 1.50 bits per heavy atom. The van der Waals surface area contributed by atoms with Crippen molar-refractivity contribution in [2.75, 3.05) is 0 Å². The summed E-state index contributed by atoms with van der Waals surface area (Å²) in [7, 11) is 0. The van der Waals surface area contributed by atoms with Crippen LogP contribution in [0.3, 0.4) is 0 Å². The number of hydrogen-bond acceptors (Lipinski definition) is 4. The van der Waals surface area contributed by atoms with Crippen LogP contribution in [0.2, 0.25) is 0 Å². The van der Waals surface area contributed by atoms with Gasteiger partial charge in [-0.05, 0) is 19.1 Å². The molecule has 96 valence electrons. The number of aliphatic carboxylic acids is 1. The van der Waals surface area contributed by atoms with Crippen LogP contribution in [0.15, 0.2) is 21.9 Å². The van der Waals surface area contributed by atoms with Crippen LogP contribution in [-0.2, 0) is 10.2 Å². The molecular weight excluding hydrogens is 250 g/mol. The first-order valence-electron chi connectivity index (χ1n) is 5.63. The summed E-state index contributed by atoms with van der Waals surface area (Å²) >= 11 is 1.47. The molecule has 0 aliphatic rings. The number of rotatable bonds is 4. The second-order valence-electron chi connectivity index (χ2n) is 4.90. The molecule has 0 amide bonds. The van der Waals surface area contributed by atoms with E-state index in [1.165, 1.54) is 11.3 Å². The molecule has 0 fully saturated rings. The zero-order valence-corrected chi connectivity index (χ0v) is 11.4. The third kappa shape index (κ3) is 2.61. The first-order valence-corrected chi connectivity index (χ1v) is 6.51. The highest BCUT2D eigenvalue weighted by Gasteiger charge is 2.27. The molecule has 0 spiro atoms. The first kappa shape index (κ1) is 12.8. The molecule has 0 atom stereocenters. The van der Waals surface area contributed by atoms with Crippen molar-refractivity contribution in [1.82, 2.24) is 4.98 Å². The Labute approximate surface area is 109 Å². The Balaban J connectivity index is 2.27. The third-order valence-electron chi connectivity index (χ3n) is 2.74. The molecule has 1 N–H and O–H groups in total. The number of carboxylic acid groups (broad SMARTS) is 1. The van der Waals surface area contributed by atoms with Crippen LogP contribution in [0.4, 0.5) is 0 Å². The van der Waals surface area contributed by atoms with Gasteiger partial charge >= 0.3 is 5.97 Å². The van der Waals surface area contributed by atoms with Crippen molar-refractivity contribution in [2.45, 2.75) is 32.6 Å². The minimum atomic E-state index is -0.816. The van der Waals surface area contributed by atoms with E-state index in [0.717, 1.165) is 22.2 Å². The van der Waals surface area contributed by atoms with Crippen molar-refractivity contribution in [3.8, 4) is 10.8 Å². The number of furan rings is 1. The Morgan fingerprint density at radius 2 is 2.22 bits per heavy atom. The van der Waals surface area contributed by atoms with Crippen LogP contribution >= 0.6 is 11.3 Å². The lowest BCUT2D eigenvalue weighted by molar-refractivity contribution is -0.138. The van der Waals surface area contributed by atoms with Crippen LogP contribution in [0.5, 0.6) is 0 Å². The zero-order chi connectivity index (χ0) is 13.3. The number of aryl methyl sites for hydroxylation is 1. The molecule has 2 rings (SSSR count). The van der Waals surface area contributed by atoms with E-state index in [9.17, 15) is 4.79 Å². The van der Waals surface area contributed by atoms with Crippen molar-refractivity contribution < 1.29 is 14.3 Å². The molecule has 5 heteroatoms. The molecular formula is C13H15NO3S. The lowest BCUT2D eigenvalue weighted by Gasteiger charge is -2.19. The van der Waals surface area contributed by atoms with E-state index < -0.39 is 11.4 Å². The molecule has 2 heterocycles. The van der Waals surface area contributed by atoms with Crippen LogP contribution in [0.25, 0.3) is 10.8 Å². The molecule has 0 aromatic carbocycles. The highest BCUT2D eigenvalue weighted by Crippen LogP contribution is 2.32. The van der Waals surface area contributed by atoms with Gasteiger partial charge in [0.05, 0.1) is 12.1 Å². The molecule has 4 nitrogen and oxygen atoms in total. The minimum absolute atomic E-state index is 0.0629. The van der Waals surface area contributed by atoms with E-state index >= 15 is 0 Å². The Bertz CT molecular complexity index is 568. The van der Waals surface area contributed by atoms with Gasteiger partial charge in [-0.2, -0.15) is 0 Å². The van der Waals surface area contributed by atoms with Gasteiger partial charge in [-0.1, -0.05) is 13.8 Å². The van der Waals surface area contributed by atoms with Crippen molar-refractivity contribution in [3.63, 3.8) is 0 Å². The maximum atomic E-state index is 10.8. The number of carbonyl (C=O) groups is 1. The van der Waals surface area contributed by atoms with Crippen LogP contribution in [0.1, 0.15) is 31.7 Å². The Kier molecular flexibility index (Phi) is 3.26. The van der Waals surface area contributed by atoms with Gasteiger partial charge in [-0.25, -0.2) is 4.98 Å². The molecule has 0 unspecified atom stereocenters. The van der Waals surface area contributed by atoms with Crippen LogP contribution in [-0.4, -0.2) is 16.1 Å². The van der Waals surface area contributed by atoms with Crippen molar-refractivity contribution in [1.29, 1.82) is 0 Å². The predicted octanol–water partition coefficient (Wildman–Crippen LogP) is 3.46. The lowest BCUT2D eigenvalue weighted by atomic mass is 9.86. The fourth-order valence-corrected chi connectivity index (χ4v) is 2.69. The average molecular weight is 265 g/mol. The van der Waals surface area contributed by atoms with Gasteiger partial charge in [0.15, 0.2) is 10.8 Å². The summed E-state index contributed by atoms with van der Waals surface area (Å²) in [5.74, 6) is 0.754. The van der Waals surface area contributed by atoms with E-state index in [1.54, 1.807) is 0 Å². The second kappa shape index (κ2) is 4.57. The number of nitrogens with zero attached hydrogens (tertiary/aromatic N) is 1. The topological polar surface area (TPSA) is 63.3 Å². The molecule has 0 aliphatic heterocycles. The molecule has 2 aromatic rings. The van der Waals surface area contributed by atoms with Crippen molar-refractivity contribution in [2.24, 2.45) is 0 Å². The molecule has 18 heavy (non-hydrogen) atoms. The fraction of sp³-hybridized carbons (Fsp3) is 0.385. The quantitative estimate of drug-likeness (QED) is 0.919. The number of aromatic nitrogens is 1. The summed E-state index contributed by atoms with van der Waals surface area (Å²) in [5.41, 5.74) is 0.321. The van der Waals surface area contributed by atoms with Gasteiger partial charge in [0.25, 0.3) is 0 Å². The number of carboxylic acids is 1. The number of thiazole rings is 1. The van der Waals surface area contributed by atoms with E-state index in [4.69, 9.17) is 9.52 Å². The number of hydrogen-bond donors (Lipinski definition) is 1. The van der Waals surface area contributed by atoms with Gasteiger partial charge in [0.2, 0.25) is 0 Å². The minimum Gasteiger partial charge on any atom is -0.481 e. The standard InChI is InChI=1S/C13H15NO3S/c1-8-4-5-9(17-8)12-14-10(7-18-12)13(2,3)6-11(15)16/h4-5,7H,6H2,1-3H3,(H,15,16). The maximum Gasteiger partial charge on any atom is 0.304 e. The van der Waals surface area contributed by atoms with E-state index in [1.807, 2.05) is 38.3 Å². The smallest absolute Gasteiger partial charge is 0.304 e. The normalized spacial score (nSPS) is 11.7. The van der Waals surface area contributed by atoms with Crippen LogP contribution < -0.4 is 0 Å². The summed E-state index contributed by atoms with van der Waals surface area (Å²) in [6.07, 6.45) is 0.0629. The second-order valence-corrected chi connectivity index (χ2v) is 5.76. The monoisotopic (exact) mass is 265 g/mol. The summed E-state index contributed by atoms with van der Waals surface area (Å²) in [6, 6.07) is 3.76. The molecule has 0 saturated carbocycles. The zero-order valence-electron chi connectivity index (χ0n) is 10.6. The van der Waals surface area contributed by atoms with Gasteiger partial charge in [0, 0.05) is 10.8 Å². The predicted molar refractivity (Wildman–Crippen MR) is 69.8 cm³/mol. The van der Waals surface area contributed by atoms with Crippen molar-refractivity contribution in [3.05, 3.63) is 29.0 Å². The fourth-order valence-electron chi connectivity index (χ4n) is 1.72. The maximum absolute atomic E-state index is 10.8. The molecule has 2 aromatic heterocycles. The van der Waals surface area contributed by atoms with Gasteiger partial charge in [-0.15, -0.1) is 11.3 Å². The van der Waals surface area contributed by atoms with E-state index in [2.05, 4.69) is 4.98 Å². The largest absolute Gasteiger partial charge is 0.481 e.